The van der Waals surface area contributed by atoms with Crippen LogP contribution >= 0.6 is 0 Å². The van der Waals surface area contributed by atoms with Crippen molar-refractivity contribution < 1.29 is 9.53 Å². The minimum Gasteiger partial charge on any atom is -0.450 e. The van der Waals surface area contributed by atoms with E-state index < -0.39 is 0 Å². The quantitative estimate of drug-likeness (QED) is 0.839. The molecule has 1 fully saturated rings. The van der Waals surface area contributed by atoms with Gasteiger partial charge in [0.25, 0.3) is 0 Å². The molecule has 1 aliphatic rings. The molecule has 0 saturated carbocycles. The third kappa shape index (κ3) is 2.29. The van der Waals surface area contributed by atoms with Gasteiger partial charge < -0.3 is 4.74 Å². The van der Waals surface area contributed by atoms with Crippen LogP contribution in [0.5, 0.6) is 0 Å². The summed E-state index contributed by atoms with van der Waals surface area (Å²) in [5.74, 6) is 0. The van der Waals surface area contributed by atoms with Gasteiger partial charge in [0.2, 0.25) is 0 Å². The highest BCUT2D eigenvalue weighted by atomic mass is 16.6. The molecule has 2 aromatic rings. The van der Waals surface area contributed by atoms with Crippen LogP contribution in [-0.4, -0.2) is 39.1 Å². The van der Waals surface area contributed by atoms with Gasteiger partial charge in [-0.15, -0.1) is 0 Å². The number of aromatic nitrogens is 3. The summed E-state index contributed by atoms with van der Waals surface area (Å²) in [5.41, 5.74) is 2.15. The van der Waals surface area contributed by atoms with Crippen LogP contribution in [0, 0.1) is 0 Å². The molecule has 2 aromatic heterocycles. The van der Waals surface area contributed by atoms with E-state index in [0.29, 0.717) is 18.8 Å². The predicted molar refractivity (Wildman–Crippen MR) is 73.0 cm³/mol. The zero-order chi connectivity index (χ0) is 13.9. The van der Waals surface area contributed by atoms with Gasteiger partial charge in [0, 0.05) is 12.7 Å². The highest BCUT2D eigenvalue weighted by Crippen LogP contribution is 2.31. The molecule has 1 atom stereocenters. The summed E-state index contributed by atoms with van der Waals surface area (Å²) in [6.07, 6.45) is 4.97. The maximum Gasteiger partial charge on any atom is 0.410 e. The van der Waals surface area contributed by atoms with E-state index in [9.17, 15) is 4.79 Å². The van der Waals surface area contributed by atoms with Crippen molar-refractivity contribution in [2.75, 3.05) is 13.2 Å². The summed E-state index contributed by atoms with van der Waals surface area (Å²) in [6.45, 7) is 2.89. The monoisotopic (exact) mass is 272 g/mol. The first-order valence-corrected chi connectivity index (χ1v) is 6.80. The number of carbonyl (C=O) groups excluding carboxylic acids is 1. The predicted octanol–water partition coefficient (Wildman–Crippen LogP) is 2.32. The van der Waals surface area contributed by atoms with Gasteiger partial charge in [0.15, 0.2) is 5.65 Å². The molecule has 1 amide bonds. The van der Waals surface area contributed by atoms with Gasteiger partial charge in [0.05, 0.1) is 24.5 Å². The topological polar surface area (TPSA) is 68.2 Å². The van der Waals surface area contributed by atoms with E-state index in [-0.39, 0.29) is 12.1 Å². The Bertz CT molecular complexity index is 631. The second-order valence-corrected chi connectivity index (χ2v) is 4.69. The van der Waals surface area contributed by atoms with E-state index in [0.717, 1.165) is 24.1 Å². The normalized spacial score (nSPS) is 18.4. The first-order chi connectivity index (χ1) is 9.79. The first-order valence-electron chi connectivity index (χ1n) is 6.80. The molecule has 3 heterocycles. The van der Waals surface area contributed by atoms with Gasteiger partial charge in [-0.2, -0.15) is 0 Å². The number of hydrogen-bond donors (Lipinski definition) is 0. The summed E-state index contributed by atoms with van der Waals surface area (Å²) in [6, 6.07) is 3.64. The highest BCUT2D eigenvalue weighted by Gasteiger charge is 2.32. The number of amides is 1. The van der Waals surface area contributed by atoms with E-state index >= 15 is 0 Å². The van der Waals surface area contributed by atoms with Crippen molar-refractivity contribution in [2.45, 2.75) is 25.8 Å². The number of carbonyl (C=O) groups is 1. The van der Waals surface area contributed by atoms with Gasteiger partial charge in [-0.1, -0.05) is 0 Å². The molecule has 0 radical (unpaired) electrons. The van der Waals surface area contributed by atoms with E-state index in [1.807, 2.05) is 19.1 Å². The molecule has 0 N–H and O–H groups in total. The van der Waals surface area contributed by atoms with Gasteiger partial charge in [-0.05, 0) is 31.9 Å². The van der Waals surface area contributed by atoms with Crippen molar-refractivity contribution in [2.24, 2.45) is 0 Å². The summed E-state index contributed by atoms with van der Waals surface area (Å²) in [4.78, 5) is 26.8. The van der Waals surface area contributed by atoms with Gasteiger partial charge in [-0.3, -0.25) is 9.88 Å². The molecule has 20 heavy (non-hydrogen) atoms. The fraction of sp³-hybridized carbons (Fsp3) is 0.429. The number of pyridine rings is 1. The van der Waals surface area contributed by atoms with Crippen LogP contribution in [0.2, 0.25) is 0 Å². The van der Waals surface area contributed by atoms with Crippen LogP contribution in [-0.2, 0) is 4.74 Å². The van der Waals surface area contributed by atoms with Gasteiger partial charge in [-0.25, -0.2) is 14.8 Å². The molecule has 104 valence electrons. The van der Waals surface area contributed by atoms with Crippen molar-refractivity contribution in [3.05, 3.63) is 30.2 Å². The molecule has 0 unspecified atom stereocenters. The van der Waals surface area contributed by atoms with Crippen LogP contribution in [0.4, 0.5) is 4.79 Å². The van der Waals surface area contributed by atoms with Gasteiger partial charge in [0.1, 0.15) is 5.52 Å². The Hall–Kier alpha value is -2.24. The number of rotatable bonds is 2. The van der Waals surface area contributed by atoms with Gasteiger partial charge >= 0.3 is 6.09 Å². The molecule has 0 bridgehead atoms. The molecule has 0 aliphatic carbocycles. The van der Waals surface area contributed by atoms with Crippen LogP contribution in [0.15, 0.2) is 24.5 Å². The van der Waals surface area contributed by atoms with E-state index in [4.69, 9.17) is 4.74 Å². The molecule has 0 aromatic carbocycles. The van der Waals surface area contributed by atoms with Crippen molar-refractivity contribution in [1.29, 1.82) is 0 Å². The minimum absolute atomic E-state index is 0.0621. The molecule has 1 aliphatic heterocycles. The molecule has 6 nitrogen and oxygen atoms in total. The van der Waals surface area contributed by atoms with Crippen molar-refractivity contribution in [1.82, 2.24) is 19.9 Å². The minimum atomic E-state index is -0.280. The lowest BCUT2D eigenvalue weighted by atomic mass is 10.1. The summed E-state index contributed by atoms with van der Waals surface area (Å²) in [7, 11) is 0. The Kier molecular flexibility index (Phi) is 3.45. The van der Waals surface area contributed by atoms with E-state index in [1.54, 1.807) is 17.3 Å². The Morgan fingerprint density at radius 3 is 3.25 bits per heavy atom. The fourth-order valence-corrected chi connectivity index (χ4v) is 2.52. The average molecular weight is 272 g/mol. The molecule has 1 saturated heterocycles. The van der Waals surface area contributed by atoms with Crippen LogP contribution in [0.1, 0.15) is 31.5 Å². The number of hydrogen-bond acceptors (Lipinski definition) is 5. The second-order valence-electron chi connectivity index (χ2n) is 4.69. The zero-order valence-electron chi connectivity index (χ0n) is 11.3. The maximum atomic E-state index is 11.9. The Balaban J connectivity index is 1.91. The molecular formula is C14H16N4O2. The molecule has 0 spiro atoms. The number of ether oxygens (including phenoxy) is 1. The van der Waals surface area contributed by atoms with E-state index in [1.165, 1.54) is 0 Å². The van der Waals surface area contributed by atoms with Crippen molar-refractivity contribution >= 4 is 17.3 Å². The summed E-state index contributed by atoms with van der Waals surface area (Å²) < 4.78 is 5.09. The number of nitrogens with zero attached hydrogens (tertiary/aromatic N) is 4. The number of fused-ring (bicyclic) bond motifs is 1. The summed E-state index contributed by atoms with van der Waals surface area (Å²) in [5, 5.41) is 0. The standard InChI is InChI=1S/C14H16N4O2/c1-2-20-14(19)18-8-4-6-12(18)11-9-16-10-5-3-7-15-13(10)17-11/h3,5,7,9,12H,2,4,6,8H2,1H3/t12-/m0/s1. The second kappa shape index (κ2) is 5.40. The average Bonchev–Trinajstić information content (AvgIpc) is 2.96. The highest BCUT2D eigenvalue weighted by molar-refractivity contribution is 5.70. The van der Waals surface area contributed by atoms with Crippen LogP contribution in [0.3, 0.4) is 0 Å². The first kappa shape index (κ1) is 12.8. The lowest BCUT2D eigenvalue weighted by molar-refractivity contribution is 0.102. The molecule has 3 rings (SSSR count). The number of likely N-dealkylation sites (tertiary alicyclic amines) is 1. The maximum absolute atomic E-state index is 11.9. The SMILES string of the molecule is CCOC(=O)N1CCC[C@H]1c1cnc2cccnc2n1. The van der Waals surface area contributed by atoms with Crippen molar-refractivity contribution in [3.8, 4) is 0 Å². The Morgan fingerprint density at radius 1 is 1.50 bits per heavy atom. The lowest BCUT2D eigenvalue weighted by Crippen LogP contribution is -2.31. The fourth-order valence-electron chi connectivity index (χ4n) is 2.52. The summed E-state index contributed by atoms with van der Waals surface area (Å²) >= 11 is 0. The zero-order valence-corrected chi connectivity index (χ0v) is 11.3. The van der Waals surface area contributed by atoms with E-state index in [2.05, 4.69) is 15.0 Å². The molecule has 6 heteroatoms. The van der Waals surface area contributed by atoms with Crippen LogP contribution < -0.4 is 0 Å². The lowest BCUT2D eigenvalue weighted by Gasteiger charge is -2.23. The van der Waals surface area contributed by atoms with Crippen LogP contribution in [0.25, 0.3) is 11.2 Å². The Labute approximate surface area is 116 Å². The largest absolute Gasteiger partial charge is 0.450 e. The van der Waals surface area contributed by atoms with Crippen molar-refractivity contribution in [3.63, 3.8) is 0 Å². The third-order valence-corrected chi connectivity index (χ3v) is 3.43. The molecular weight excluding hydrogens is 256 g/mol. The third-order valence-electron chi connectivity index (χ3n) is 3.43. The Morgan fingerprint density at radius 2 is 2.40 bits per heavy atom. The smallest absolute Gasteiger partial charge is 0.410 e.